The zero-order valence-electron chi connectivity index (χ0n) is 8.47. The van der Waals surface area contributed by atoms with Crippen LogP contribution in [0.2, 0.25) is 0 Å². The lowest BCUT2D eigenvalue weighted by Crippen LogP contribution is -2.25. The molecule has 2 aromatic heterocycles. The highest BCUT2D eigenvalue weighted by Gasteiger charge is 2.05. The summed E-state index contributed by atoms with van der Waals surface area (Å²) in [6.07, 6.45) is 5.50. The maximum Gasteiger partial charge on any atom is 0.0270 e. The van der Waals surface area contributed by atoms with Crippen molar-refractivity contribution in [3.8, 4) is 0 Å². The molecule has 2 aromatic rings. The van der Waals surface area contributed by atoms with E-state index in [9.17, 15) is 0 Å². The molecule has 2 heterocycles. The summed E-state index contributed by atoms with van der Waals surface area (Å²) in [5.74, 6) is 0. The number of nitrogens with two attached hydrogens (primary N) is 1. The van der Waals surface area contributed by atoms with Crippen molar-refractivity contribution in [3.05, 3.63) is 52.5 Å². The highest BCUT2D eigenvalue weighted by molar-refractivity contribution is 7.09. The van der Waals surface area contributed by atoms with Crippen molar-refractivity contribution in [2.45, 2.75) is 18.9 Å². The number of hydrogen-bond acceptors (Lipinski definition) is 3. The average molecular weight is 218 g/mol. The lowest BCUT2D eigenvalue weighted by Gasteiger charge is -2.09. The molecule has 0 spiro atoms. The minimum atomic E-state index is 0.200. The number of hydrogen-bond donors (Lipinski definition) is 1. The van der Waals surface area contributed by atoms with Crippen LogP contribution in [-0.4, -0.2) is 11.0 Å². The zero-order valence-corrected chi connectivity index (χ0v) is 9.28. The second kappa shape index (κ2) is 5.05. The smallest absolute Gasteiger partial charge is 0.0270 e. The summed E-state index contributed by atoms with van der Waals surface area (Å²) in [6, 6.07) is 8.45. The molecule has 0 aliphatic rings. The van der Waals surface area contributed by atoms with Gasteiger partial charge in [-0.1, -0.05) is 6.07 Å². The Balaban J connectivity index is 1.90. The van der Waals surface area contributed by atoms with Gasteiger partial charge in [0.2, 0.25) is 0 Å². The molecular formula is C12H14N2S. The Kier molecular flexibility index (Phi) is 3.48. The van der Waals surface area contributed by atoms with Crippen molar-refractivity contribution in [2.24, 2.45) is 5.73 Å². The topological polar surface area (TPSA) is 38.9 Å². The molecule has 0 saturated heterocycles. The van der Waals surface area contributed by atoms with Gasteiger partial charge in [-0.05, 0) is 42.0 Å². The molecule has 0 radical (unpaired) electrons. The minimum Gasteiger partial charge on any atom is -0.327 e. The molecule has 0 bridgehead atoms. The zero-order chi connectivity index (χ0) is 10.5. The van der Waals surface area contributed by atoms with Crippen molar-refractivity contribution in [2.75, 3.05) is 0 Å². The van der Waals surface area contributed by atoms with E-state index in [1.807, 2.05) is 24.5 Å². The molecule has 2 rings (SSSR count). The Labute approximate surface area is 93.8 Å². The number of thiophene rings is 1. The van der Waals surface area contributed by atoms with Gasteiger partial charge in [0.05, 0.1) is 0 Å². The fraction of sp³-hybridized carbons (Fsp3) is 0.250. The van der Waals surface area contributed by atoms with Gasteiger partial charge in [0, 0.05) is 23.3 Å². The largest absolute Gasteiger partial charge is 0.327 e. The van der Waals surface area contributed by atoms with Gasteiger partial charge in [-0.2, -0.15) is 0 Å². The van der Waals surface area contributed by atoms with Gasteiger partial charge in [0.25, 0.3) is 0 Å². The fourth-order valence-corrected chi connectivity index (χ4v) is 2.38. The van der Waals surface area contributed by atoms with Crippen LogP contribution in [0.25, 0.3) is 0 Å². The van der Waals surface area contributed by atoms with Gasteiger partial charge in [-0.3, -0.25) is 4.98 Å². The maximum absolute atomic E-state index is 6.08. The molecule has 0 amide bonds. The first kappa shape index (κ1) is 10.3. The summed E-state index contributed by atoms with van der Waals surface area (Å²) in [4.78, 5) is 5.35. The predicted molar refractivity (Wildman–Crippen MR) is 63.9 cm³/mol. The van der Waals surface area contributed by atoms with E-state index in [-0.39, 0.29) is 6.04 Å². The summed E-state index contributed by atoms with van der Waals surface area (Å²) in [5, 5.41) is 2.09. The quantitative estimate of drug-likeness (QED) is 0.855. The van der Waals surface area contributed by atoms with Crippen LogP contribution in [0.15, 0.2) is 42.0 Å². The third-order valence-corrected chi connectivity index (χ3v) is 3.19. The van der Waals surface area contributed by atoms with Gasteiger partial charge in [0.15, 0.2) is 0 Å². The lowest BCUT2D eigenvalue weighted by molar-refractivity contribution is 0.670. The molecule has 0 aliphatic carbocycles. The van der Waals surface area contributed by atoms with Crippen molar-refractivity contribution < 1.29 is 0 Å². The SMILES string of the molecule is NC(Cc1ccncc1)Cc1cccs1. The van der Waals surface area contributed by atoms with Crippen LogP contribution in [0.3, 0.4) is 0 Å². The molecule has 0 aliphatic heterocycles. The molecular weight excluding hydrogens is 204 g/mol. The molecule has 3 heteroatoms. The first-order chi connectivity index (χ1) is 7.34. The van der Waals surface area contributed by atoms with E-state index in [2.05, 4.69) is 22.5 Å². The van der Waals surface area contributed by atoms with E-state index >= 15 is 0 Å². The Hall–Kier alpha value is -1.19. The van der Waals surface area contributed by atoms with Gasteiger partial charge in [0.1, 0.15) is 0 Å². The van der Waals surface area contributed by atoms with Crippen LogP contribution in [0.5, 0.6) is 0 Å². The number of pyridine rings is 1. The number of rotatable bonds is 4. The molecule has 1 atom stereocenters. The maximum atomic E-state index is 6.08. The van der Waals surface area contributed by atoms with Crippen LogP contribution in [0, 0.1) is 0 Å². The first-order valence-corrected chi connectivity index (χ1v) is 5.89. The Bertz CT molecular complexity index is 383. The predicted octanol–water partition coefficient (Wildman–Crippen LogP) is 2.26. The Morgan fingerprint density at radius 2 is 2.00 bits per heavy atom. The highest BCUT2D eigenvalue weighted by atomic mass is 32.1. The second-order valence-corrected chi connectivity index (χ2v) is 4.64. The molecule has 15 heavy (non-hydrogen) atoms. The highest BCUT2D eigenvalue weighted by Crippen LogP contribution is 2.12. The molecule has 0 fully saturated rings. The summed E-state index contributed by atoms with van der Waals surface area (Å²) in [5.41, 5.74) is 7.34. The molecule has 2 nitrogen and oxygen atoms in total. The normalized spacial score (nSPS) is 12.6. The van der Waals surface area contributed by atoms with E-state index in [1.165, 1.54) is 10.4 Å². The molecule has 2 N–H and O–H groups in total. The van der Waals surface area contributed by atoms with Crippen LogP contribution in [-0.2, 0) is 12.8 Å². The van der Waals surface area contributed by atoms with E-state index in [1.54, 1.807) is 11.3 Å². The summed E-state index contributed by atoms with van der Waals surface area (Å²) in [7, 11) is 0. The van der Waals surface area contributed by atoms with Crippen molar-refractivity contribution in [3.63, 3.8) is 0 Å². The monoisotopic (exact) mass is 218 g/mol. The number of nitrogens with zero attached hydrogens (tertiary/aromatic N) is 1. The summed E-state index contributed by atoms with van der Waals surface area (Å²) in [6.45, 7) is 0. The van der Waals surface area contributed by atoms with Gasteiger partial charge < -0.3 is 5.73 Å². The summed E-state index contributed by atoms with van der Waals surface area (Å²) < 4.78 is 0. The lowest BCUT2D eigenvalue weighted by atomic mass is 10.0. The van der Waals surface area contributed by atoms with Gasteiger partial charge in [-0.15, -0.1) is 11.3 Å². The van der Waals surface area contributed by atoms with Gasteiger partial charge in [-0.25, -0.2) is 0 Å². The van der Waals surface area contributed by atoms with E-state index in [0.29, 0.717) is 0 Å². The second-order valence-electron chi connectivity index (χ2n) is 3.60. The molecule has 0 aromatic carbocycles. The van der Waals surface area contributed by atoms with Crippen molar-refractivity contribution >= 4 is 11.3 Å². The van der Waals surface area contributed by atoms with Crippen LogP contribution >= 0.6 is 11.3 Å². The molecule has 1 unspecified atom stereocenters. The summed E-state index contributed by atoms with van der Waals surface area (Å²) >= 11 is 1.77. The standard InChI is InChI=1S/C12H14N2S/c13-11(9-12-2-1-7-15-12)8-10-3-5-14-6-4-10/h1-7,11H,8-9,13H2. The molecule has 0 saturated carbocycles. The average Bonchev–Trinajstić information content (AvgIpc) is 2.71. The van der Waals surface area contributed by atoms with Crippen LogP contribution < -0.4 is 5.73 Å². The minimum absolute atomic E-state index is 0.200. The van der Waals surface area contributed by atoms with Crippen LogP contribution in [0.1, 0.15) is 10.4 Å². The van der Waals surface area contributed by atoms with Gasteiger partial charge >= 0.3 is 0 Å². The van der Waals surface area contributed by atoms with E-state index < -0.39 is 0 Å². The number of aromatic nitrogens is 1. The Morgan fingerprint density at radius 1 is 1.20 bits per heavy atom. The van der Waals surface area contributed by atoms with Crippen molar-refractivity contribution in [1.29, 1.82) is 0 Å². The van der Waals surface area contributed by atoms with E-state index in [0.717, 1.165) is 12.8 Å². The Morgan fingerprint density at radius 3 is 2.67 bits per heavy atom. The fourth-order valence-electron chi connectivity index (χ4n) is 1.58. The third kappa shape index (κ3) is 3.15. The third-order valence-electron chi connectivity index (χ3n) is 2.29. The molecule has 78 valence electrons. The van der Waals surface area contributed by atoms with E-state index in [4.69, 9.17) is 5.73 Å². The first-order valence-electron chi connectivity index (χ1n) is 5.01. The van der Waals surface area contributed by atoms with Crippen molar-refractivity contribution in [1.82, 2.24) is 4.98 Å². The van der Waals surface area contributed by atoms with Crippen LogP contribution in [0.4, 0.5) is 0 Å².